The summed E-state index contributed by atoms with van der Waals surface area (Å²) >= 11 is 6.10. The molecule has 3 aromatic carbocycles. The fourth-order valence-corrected chi connectivity index (χ4v) is 4.16. The third-order valence-electron chi connectivity index (χ3n) is 5.84. The molecule has 10 heteroatoms. The molecule has 0 spiro atoms. The van der Waals surface area contributed by atoms with Crippen LogP contribution in [0.15, 0.2) is 83.9 Å². The van der Waals surface area contributed by atoms with E-state index in [1.165, 1.54) is 0 Å². The van der Waals surface area contributed by atoms with Crippen LogP contribution in [0, 0.1) is 6.92 Å². The molecular formula is C27H21ClN6O3. The van der Waals surface area contributed by atoms with Gasteiger partial charge in [0.1, 0.15) is 5.82 Å². The molecule has 37 heavy (non-hydrogen) atoms. The number of H-pyrrole nitrogens is 1. The van der Waals surface area contributed by atoms with E-state index in [0.717, 1.165) is 11.1 Å². The van der Waals surface area contributed by atoms with E-state index < -0.39 is 23.9 Å². The summed E-state index contributed by atoms with van der Waals surface area (Å²) in [7, 11) is 0. The van der Waals surface area contributed by atoms with Crippen molar-refractivity contribution in [1.29, 1.82) is 0 Å². The minimum Gasteiger partial charge on any atom is -0.322 e. The third kappa shape index (κ3) is 4.85. The highest BCUT2D eigenvalue weighted by Gasteiger charge is 2.29. The van der Waals surface area contributed by atoms with Crippen molar-refractivity contribution in [2.75, 3.05) is 10.6 Å². The number of benzene rings is 3. The summed E-state index contributed by atoms with van der Waals surface area (Å²) in [5, 5.41) is 15.2. The molecule has 184 valence electrons. The summed E-state index contributed by atoms with van der Waals surface area (Å²) in [5.74, 6) is -1.34. The Morgan fingerprint density at radius 2 is 1.62 bits per heavy atom. The maximum absolute atomic E-state index is 13.2. The Hall–Kier alpha value is -4.76. The second-order valence-corrected chi connectivity index (χ2v) is 8.67. The van der Waals surface area contributed by atoms with Gasteiger partial charge >= 0.3 is 0 Å². The minimum absolute atomic E-state index is 0.0143. The van der Waals surface area contributed by atoms with Crippen LogP contribution in [0.1, 0.15) is 37.5 Å². The predicted molar refractivity (Wildman–Crippen MR) is 141 cm³/mol. The van der Waals surface area contributed by atoms with Crippen molar-refractivity contribution in [2.45, 2.75) is 13.1 Å². The lowest BCUT2D eigenvalue weighted by atomic mass is 10.0. The number of carbonyl (C=O) groups is 3. The highest BCUT2D eigenvalue weighted by molar-refractivity contribution is 6.34. The molecule has 1 aliphatic heterocycles. The molecule has 9 nitrogen and oxygen atoms in total. The van der Waals surface area contributed by atoms with Crippen LogP contribution in [0.4, 0.5) is 11.5 Å². The normalized spacial score (nSPS) is 14.6. The first kappa shape index (κ1) is 24.0. The Morgan fingerprint density at radius 1 is 0.919 bits per heavy atom. The van der Waals surface area contributed by atoms with E-state index >= 15 is 0 Å². The molecule has 0 bridgehead atoms. The number of aromatic amines is 1. The molecule has 1 atom stereocenters. The molecule has 0 saturated heterocycles. The smallest absolute Gasteiger partial charge is 0.274 e. The van der Waals surface area contributed by atoms with E-state index in [4.69, 9.17) is 11.6 Å². The molecule has 0 radical (unpaired) electrons. The number of fused-ring (bicyclic) bond motifs is 1. The summed E-state index contributed by atoms with van der Waals surface area (Å²) in [6, 6.07) is 23.3. The van der Waals surface area contributed by atoms with Crippen LogP contribution in [0.2, 0.25) is 5.02 Å². The van der Waals surface area contributed by atoms with Crippen molar-refractivity contribution in [1.82, 2.24) is 15.5 Å². The standard InChI is InChI=1S/C27H21ClN6O3/c1-15-21(33-34-23(15)31-25(35)17-11-5-7-13-19(17)28)26(36)32-24-27(37)29-20-14-8-6-12-18(20)22(30-24)16-9-3-2-4-10-16/h2-14,24H,1H3,(H,29,37)(H,32,36)(H2,31,33,34,35). The van der Waals surface area contributed by atoms with Gasteiger partial charge in [-0.1, -0.05) is 72.3 Å². The zero-order chi connectivity index (χ0) is 25.9. The molecule has 2 heterocycles. The number of halogens is 1. The fraction of sp³-hybridized carbons (Fsp3) is 0.0741. The number of nitrogens with one attached hydrogen (secondary N) is 4. The monoisotopic (exact) mass is 512 g/mol. The van der Waals surface area contributed by atoms with E-state index in [-0.39, 0.29) is 17.1 Å². The van der Waals surface area contributed by atoms with Gasteiger partial charge in [0, 0.05) is 16.7 Å². The number of hydrogen-bond acceptors (Lipinski definition) is 5. The van der Waals surface area contributed by atoms with Crippen LogP contribution in [0.25, 0.3) is 0 Å². The predicted octanol–water partition coefficient (Wildman–Crippen LogP) is 4.17. The summed E-state index contributed by atoms with van der Waals surface area (Å²) < 4.78 is 0. The van der Waals surface area contributed by atoms with Crippen LogP contribution < -0.4 is 16.0 Å². The van der Waals surface area contributed by atoms with Gasteiger partial charge in [-0.15, -0.1) is 0 Å². The molecule has 5 rings (SSSR count). The number of rotatable bonds is 5. The maximum atomic E-state index is 13.2. The Kier molecular flexibility index (Phi) is 6.53. The number of hydrogen-bond donors (Lipinski definition) is 4. The van der Waals surface area contributed by atoms with Crippen molar-refractivity contribution < 1.29 is 14.4 Å². The molecule has 4 aromatic rings. The lowest BCUT2D eigenvalue weighted by molar-refractivity contribution is -0.117. The van der Waals surface area contributed by atoms with Crippen molar-refractivity contribution >= 4 is 46.5 Å². The summed E-state index contributed by atoms with van der Waals surface area (Å²) in [6.45, 7) is 1.63. The quantitative estimate of drug-likeness (QED) is 0.320. The molecule has 0 saturated carbocycles. The van der Waals surface area contributed by atoms with E-state index in [9.17, 15) is 14.4 Å². The highest BCUT2D eigenvalue weighted by Crippen LogP contribution is 2.24. The minimum atomic E-state index is -1.22. The molecule has 1 unspecified atom stereocenters. The number of amides is 3. The Labute approximate surface area is 217 Å². The molecule has 1 aromatic heterocycles. The first-order valence-electron chi connectivity index (χ1n) is 11.4. The van der Waals surface area contributed by atoms with Gasteiger partial charge in [0.25, 0.3) is 17.7 Å². The Balaban J connectivity index is 1.40. The number of aliphatic imine (C=N–C) groups is 1. The molecule has 0 aliphatic carbocycles. The first-order chi connectivity index (χ1) is 17.9. The molecule has 0 fully saturated rings. The number of benzodiazepines with no additional fused rings is 1. The molecule has 3 amide bonds. The summed E-state index contributed by atoms with van der Waals surface area (Å²) in [6.07, 6.45) is -1.22. The van der Waals surface area contributed by atoms with Crippen LogP contribution in [0.3, 0.4) is 0 Å². The van der Waals surface area contributed by atoms with Gasteiger partial charge < -0.3 is 16.0 Å². The van der Waals surface area contributed by atoms with Crippen LogP contribution >= 0.6 is 11.6 Å². The number of para-hydroxylation sites is 1. The second kappa shape index (κ2) is 10.1. The van der Waals surface area contributed by atoms with E-state index in [1.807, 2.05) is 48.5 Å². The lowest BCUT2D eigenvalue weighted by Crippen LogP contribution is -2.42. The second-order valence-electron chi connectivity index (χ2n) is 8.26. The topological polar surface area (TPSA) is 128 Å². The van der Waals surface area contributed by atoms with Crippen LogP contribution in [-0.2, 0) is 4.79 Å². The van der Waals surface area contributed by atoms with Crippen molar-refractivity contribution in [3.05, 3.63) is 112 Å². The Morgan fingerprint density at radius 3 is 2.41 bits per heavy atom. The molecule has 1 aliphatic rings. The maximum Gasteiger partial charge on any atom is 0.274 e. The average Bonchev–Trinajstić information content (AvgIpc) is 3.20. The SMILES string of the molecule is Cc1c(C(=O)NC2N=C(c3ccccc3)c3ccccc3NC2=O)n[nH]c1NC(=O)c1ccccc1Cl. The summed E-state index contributed by atoms with van der Waals surface area (Å²) in [5.41, 5.74) is 3.37. The van der Waals surface area contributed by atoms with Gasteiger partial charge in [0.15, 0.2) is 5.69 Å². The van der Waals surface area contributed by atoms with Crippen LogP contribution in [-0.4, -0.2) is 39.8 Å². The number of aromatic nitrogens is 2. The van der Waals surface area contributed by atoms with Gasteiger partial charge in [-0.05, 0) is 25.1 Å². The van der Waals surface area contributed by atoms with Crippen molar-refractivity contribution in [3.63, 3.8) is 0 Å². The Bertz CT molecular complexity index is 1550. The van der Waals surface area contributed by atoms with Gasteiger partial charge in [0.05, 0.1) is 22.0 Å². The highest BCUT2D eigenvalue weighted by atomic mass is 35.5. The lowest BCUT2D eigenvalue weighted by Gasteiger charge is -2.13. The largest absolute Gasteiger partial charge is 0.322 e. The zero-order valence-electron chi connectivity index (χ0n) is 19.6. The fourth-order valence-electron chi connectivity index (χ4n) is 3.94. The van der Waals surface area contributed by atoms with Crippen molar-refractivity contribution in [3.8, 4) is 0 Å². The number of anilines is 2. The van der Waals surface area contributed by atoms with Gasteiger partial charge in [0.2, 0.25) is 6.17 Å². The van der Waals surface area contributed by atoms with Gasteiger partial charge in [-0.3, -0.25) is 19.5 Å². The number of carbonyl (C=O) groups excluding carboxylic acids is 3. The first-order valence-corrected chi connectivity index (χ1v) is 11.8. The van der Waals surface area contributed by atoms with Gasteiger partial charge in [-0.2, -0.15) is 5.10 Å². The number of nitrogens with zero attached hydrogens (tertiary/aromatic N) is 2. The zero-order valence-corrected chi connectivity index (χ0v) is 20.3. The van der Waals surface area contributed by atoms with Gasteiger partial charge in [-0.25, -0.2) is 4.99 Å². The van der Waals surface area contributed by atoms with E-state index in [0.29, 0.717) is 22.0 Å². The van der Waals surface area contributed by atoms with E-state index in [2.05, 4.69) is 31.1 Å². The van der Waals surface area contributed by atoms with Crippen LogP contribution in [0.5, 0.6) is 0 Å². The van der Waals surface area contributed by atoms with E-state index in [1.54, 1.807) is 37.3 Å². The average molecular weight is 513 g/mol. The van der Waals surface area contributed by atoms with Crippen molar-refractivity contribution in [2.24, 2.45) is 4.99 Å². The molecular weight excluding hydrogens is 492 g/mol. The third-order valence-corrected chi connectivity index (χ3v) is 6.17. The molecule has 4 N–H and O–H groups in total. The summed E-state index contributed by atoms with van der Waals surface area (Å²) in [4.78, 5) is 43.4.